The molecule has 13 heavy (non-hydrogen) atoms. The Hall–Kier alpha value is -0.590. The van der Waals surface area contributed by atoms with Crippen molar-refractivity contribution in [2.75, 3.05) is 0 Å². The fourth-order valence-corrected chi connectivity index (χ4v) is 1.80. The highest BCUT2D eigenvalue weighted by atomic mass is 32.1. The molecule has 1 atom stereocenters. The minimum Gasteiger partial charge on any atom is -0.271 e. The van der Waals surface area contributed by atoms with Gasteiger partial charge >= 0.3 is 6.18 Å². The zero-order valence-electron chi connectivity index (χ0n) is 6.85. The molecule has 74 valence electrons. The number of thiophene rings is 1. The van der Waals surface area contributed by atoms with E-state index in [0.29, 0.717) is 4.88 Å². The Morgan fingerprint density at radius 3 is 2.46 bits per heavy atom. The fourth-order valence-electron chi connectivity index (χ4n) is 1.05. The first-order valence-electron chi connectivity index (χ1n) is 3.53. The zero-order valence-corrected chi connectivity index (χ0v) is 7.67. The molecule has 1 unspecified atom stereocenters. The molecule has 0 aliphatic rings. The van der Waals surface area contributed by atoms with Crippen molar-refractivity contribution in [2.45, 2.75) is 19.1 Å². The molecule has 1 heterocycles. The van der Waals surface area contributed by atoms with E-state index in [4.69, 9.17) is 5.84 Å². The van der Waals surface area contributed by atoms with Crippen LogP contribution >= 0.6 is 11.3 Å². The summed E-state index contributed by atoms with van der Waals surface area (Å²) in [5.74, 6) is 4.85. The highest BCUT2D eigenvalue weighted by molar-refractivity contribution is 7.10. The van der Waals surface area contributed by atoms with Gasteiger partial charge < -0.3 is 0 Å². The third-order valence-corrected chi connectivity index (χ3v) is 2.57. The third kappa shape index (κ3) is 2.20. The van der Waals surface area contributed by atoms with Gasteiger partial charge in [-0.15, -0.1) is 11.3 Å². The van der Waals surface area contributed by atoms with E-state index in [9.17, 15) is 13.2 Å². The molecule has 6 heteroatoms. The van der Waals surface area contributed by atoms with E-state index in [1.807, 2.05) is 0 Å². The van der Waals surface area contributed by atoms with E-state index in [2.05, 4.69) is 0 Å². The summed E-state index contributed by atoms with van der Waals surface area (Å²) in [7, 11) is 0. The van der Waals surface area contributed by atoms with Gasteiger partial charge in [0.05, 0.1) is 0 Å². The minimum atomic E-state index is -4.35. The van der Waals surface area contributed by atoms with E-state index < -0.39 is 12.2 Å². The van der Waals surface area contributed by atoms with Crippen LogP contribution in [0.3, 0.4) is 0 Å². The molecular formula is C7H9F3N2S. The number of halogens is 3. The molecule has 3 N–H and O–H groups in total. The molecule has 0 bridgehead atoms. The summed E-state index contributed by atoms with van der Waals surface area (Å²) in [6, 6.07) is -0.336. The van der Waals surface area contributed by atoms with Crippen LogP contribution in [0.5, 0.6) is 0 Å². The van der Waals surface area contributed by atoms with Gasteiger partial charge in [0.15, 0.2) is 0 Å². The van der Waals surface area contributed by atoms with E-state index >= 15 is 0 Å². The monoisotopic (exact) mass is 210 g/mol. The Morgan fingerprint density at radius 1 is 1.54 bits per heavy atom. The minimum absolute atomic E-state index is 0.194. The number of nitrogens with two attached hydrogens (primary N) is 1. The topological polar surface area (TPSA) is 38.0 Å². The quantitative estimate of drug-likeness (QED) is 0.579. The summed E-state index contributed by atoms with van der Waals surface area (Å²) in [6.07, 6.45) is -4.35. The van der Waals surface area contributed by atoms with Crippen molar-refractivity contribution in [2.24, 2.45) is 5.84 Å². The van der Waals surface area contributed by atoms with Crippen LogP contribution in [0.1, 0.15) is 16.5 Å². The van der Waals surface area contributed by atoms with E-state index in [0.717, 1.165) is 0 Å². The van der Waals surface area contributed by atoms with Gasteiger partial charge in [-0.05, 0) is 23.9 Å². The van der Waals surface area contributed by atoms with Gasteiger partial charge in [0.1, 0.15) is 6.04 Å². The Labute approximate surface area is 77.5 Å². The van der Waals surface area contributed by atoms with E-state index in [1.165, 1.54) is 17.4 Å². The summed E-state index contributed by atoms with van der Waals surface area (Å²) in [5, 5.41) is 1.61. The average molecular weight is 210 g/mol. The molecule has 1 rings (SSSR count). The van der Waals surface area contributed by atoms with Crippen LogP contribution in [-0.4, -0.2) is 6.18 Å². The van der Waals surface area contributed by atoms with E-state index in [-0.39, 0.29) is 5.56 Å². The Bertz CT molecular complexity index is 282. The van der Waals surface area contributed by atoms with Gasteiger partial charge in [-0.3, -0.25) is 5.84 Å². The lowest BCUT2D eigenvalue weighted by molar-refractivity contribution is -0.157. The predicted octanol–water partition coefficient (Wildman–Crippen LogP) is 2.12. The molecule has 0 radical (unpaired) electrons. The largest absolute Gasteiger partial charge is 0.409 e. The Kier molecular flexibility index (Phi) is 2.94. The van der Waals surface area contributed by atoms with Gasteiger partial charge in [0, 0.05) is 4.88 Å². The number of hydrogen-bond acceptors (Lipinski definition) is 3. The van der Waals surface area contributed by atoms with Gasteiger partial charge in [-0.2, -0.15) is 13.2 Å². The number of nitrogens with one attached hydrogen (secondary N) is 1. The summed E-state index contributed by atoms with van der Waals surface area (Å²) < 4.78 is 37.0. The molecule has 0 fully saturated rings. The number of rotatable bonds is 2. The first kappa shape index (κ1) is 10.5. The molecular weight excluding hydrogens is 201 g/mol. The zero-order chi connectivity index (χ0) is 10.1. The van der Waals surface area contributed by atoms with Crippen molar-refractivity contribution < 1.29 is 13.2 Å². The van der Waals surface area contributed by atoms with Crippen LogP contribution in [0.4, 0.5) is 13.2 Å². The summed E-state index contributed by atoms with van der Waals surface area (Å²) in [4.78, 5) is 0.625. The third-order valence-electron chi connectivity index (χ3n) is 1.70. The molecule has 2 nitrogen and oxygen atoms in total. The summed E-state index contributed by atoms with van der Waals surface area (Å²) in [6.45, 7) is 1.64. The molecule has 0 aromatic carbocycles. The molecule has 0 aliphatic heterocycles. The van der Waals surface area contributed by atoms with Crippen molar-refractivity contribution >= 4 is 11.3 Å². The average Bonchev–Trinajstić information content (AvgIpc) is 2.35. The number of hydrogen-bond donors (Lipinski definition) is 2. The van der Waals surface area contributed by atoms with Crippen molar-refractivity contribution in [1.82, 2.24) is 5.43 Å². The molecule has 0 aliphatic carbocycles. The first-order chi connectivity index (χ1) is 5.96. The SMILES string of the molecule is Cc1sccc1C(NN)C(F)(F)F. The summed E-state index contributed by atoms with van der Waals surface area (Å²) >= 11 is 1.27. The number of hydrazine groups is 1. The Balaban J connectivity index is 2.98. The smallest absolute Gasteiger partial charge is 0.271 e. The lowest BCUT2D eigenvalue weighted by Gasteiger charge is -2.19. The molecule has 0 saturated carbocycles. The normalized spacial score (nSPS) is 14.5. The maximum atomic E-state index is 12.3. The van der Waals surface area contributed by atoms with Crippen molar-refractivity contribution in [3.05, 3.63) is 21.9 Å². The van der Waals surface area contributed by atoms with Gasteiger partial charge in [-0.25, -0.2) is 5.43 Å². The maximum absolute atomic E-state index is 12.3. The highest BCUT2D eigenvalue weighted by Crippen LogP contribution is 2.35. The second-order valence-corrected chi connectivity index (χ2v) is 3.69. The first-order valence-corrected chi connectivity index (χ1v) is 4.41. The maximum Gasteiger partial charge on any atom is 0.409 e. The number of aryl methyl sites for hydroxylation is 1. The van der Waals surface area contributed by atoms with Gasteiger partial charge in [-0.1, -0.05) is 0 Å². The van der Waals surface area contributed by atoms with Crippen LogP contribution in [0.25, 0.3) is 0 Å². The van der Waals surface area contributed by atoms with Crippen LogP contribution in [0.15, 0.2) is 11.4 Å². The van der Waals surface area contributed by atoms with Crippen LogP contribution in [0.2, 0.25) is 0 Å². The van der Waals surface area contributed by atoms with Gasteiger partial charge in [0.25, 0.3) is 0 Å². The Morgan fingerprint density at radius 2 is 2.15 bits per heavy atom. The lowest BCUT2D eigenvalue weighted by atomic mass is 10.1. The second-order valence-electron chi connectivity index (χ2n) is 2.57. The molecule has 0 spiro atoms. The molecule has 1 aromatic heterocycles. The highest BCUT2D eigenvalue weighted by Gasteiger charge is 2.41. The summed E-state index contributed by atoms with van der Waals surface area (Å²) in [5.41, 5.74) is 1.96. The molecule has 0 amide bonds. The van der Waals surface area contributed by atoms with Crippen LogP contribution < -0.4 is 11.3 Å². The second kappa shape index (κ2) is 3.65. The standard InChI is InChI=1S/C7H9F3N2S/c1-4-5(2-3-13-4)6(12-11)7(8,9)10/h2-3,6,12H,11H2,1H3. The molecule has 1 aromatic rings. The van der Waals surface area contributed by atoms with Crippen molar-refractivity contribution in [1.29, 1.82) is 0 Å². The number of alkyl halides is 3. The fraction of sp³-hybridized carbons (Fsp3) is 0.429. The van der Waals surface area contributed by atoms with Crippen LogP contribution in [0, 0.1) is 6.92 Å². The predicted molar refractivity (Wildman–Crippen MR) is 45.2 cm³/mol. The van der Waals surface area contributed by atoms with Crippen molar-refractivity contribution in [3.8, 4) is 0 Å². The van der Waals surface area contributed by atoms with Gasteiger partial charge in [0.2, 0.25) is 0 Å². The van der Waals surface area contributed by atoms with Crippen LogP contribution in [-0.2, 0) is 0 Å². The van der Waals surface area contributed by atoms with E-state index in [1.54, 1.807) is 17.7 Å². The lowest BCUT2D eigenvalue weighted by Crippen LogP contribution is -2.38. The molecule has 0 saturated heterocycles. The van der Waals surface area contributed by atoms with Crippen molar-refractivity contribution in [3.63, 3.8) is 0 Å².